The second-order valence-electron chi connectivity index (χ2n) is 11.0. The fraction of sp³-hybridized carbons (Fsp3) is 0.364. The predicted molar refractivity (Wildman–Crippen MR) is 157 cm³/mol. The van der Waals surface area contributed by atoms with E-state index in [0.717, 1.165) is 60.8 Å². The molecule has 43 heavy (non-hydrogen) atoms. The summed E-state index contributed by atoms with van der Waals surface area (Å²) in [5.74, 6) is -0.901. The van der Waals surface area contributed by atoms with Gasteiger partial charge in [0.15, 0.2) is 6.29 Å². The summed E-state index contributed by atoms with van der Waals surface area (Å²) in [4.78, 5) is 36.3. The summed E-state index contributed by atoms with van der Waals surface area (Å²) in [5, 5.41) is 13.2. The van der Waals surface area contributed by atoms with Gasteiger partial charge in [-0.15, -0.1) is 0 Å². The smallest absolute Gasteiger partial charge is 0.385 e. The Labute approximate surface area is 248 Å². The number of amides is 2. The SMILES string of the molecule is NC1CCC(O)(c2ccc(-c3ccccc3C=O)cc2)CC1.O=C(NCC(=O)N1CCCC1)c1cccc(C(F)(F)F)c1. The minimum atomic E-state index is -4.50. The van der Waals surface area contributed by atoms with E-state index in [1.165, 1.54) is 12.1 Å². The molecular weight excluding hydrogens is 559 g/mol. The molecule has 4 N–H and O–H groups in total. The van der Waals surface area contributed by atoms with Gasteiger partial charge in [-0.2, -0.15) is 13.2 Å². The average Bonchev–Trinajstić information content (AvgIpc) is 3.57. The minimum absolute atomic E-state index is 0.112. The zero-order chi connectivity index (χ0) is 31.0. The van der Waals surface area contributed by atoms with E-state index >= 15 is 0 Å². The average molecular weight is 596 g/mol. The van der Waals surface area contributed by atoms with Gasteiger partial charge in [-0.05, 0) is 73.4 Å². The summed E-state index contributed by atoms with van der Waals surface area (Å²) >= 11 is 0. The highest BCUT2D eigenvalue weighted by atomic mass is 19.4. The van der Waals surface area contributed by atoms with Crippen molar-refractivity contribution in [2.24, 2.45) is 5.73 Å². The fourth-order valence-corrected chi connectivity index (χ4v) is 5.40. The molecule has 1 aliphatic heterocycles. The number of aldehydes is 1. The van der Waals surface area contributed by atoms with Crippen molar-refractivity contribution in [2.45, 2.75) is 56.3 Å². The van der Waals surface area contributed by atoms with Crippen molar-refractivity contribution in [3.63, 3.8) is 0 Å². The number of hydrogen-bond acceptors (Lipinski definition) is 5. The Hall–Kier alpha value is -4.02. The van der Waals surface area contributed by atoms with Crippen LogP contribution in [0.1, 0.15) is 70.4 Å². The van der Waals surface area contributed by atoms with E-state index in [4.69, 9.17) is 5.73 Å². The molecule has 0 bridgehead atoms. The van der Waals surface area contributed by atoms with Crippen molar-refractivity contribution in [3.8, 4) is 11.1 Å². The van der Waals surface area contributed by atoms with E-state index in [9.17, 15) is 32.7 Å². The van der Waals surface area contributed by atoms with Crippen LogP contribution in [0.3, 0.4) is 0 Å². The highest BCUT2D eigenvalue weighted by molar-refractivity contribution is 5.96. The van der Waals surface area contributed by atoms with E-state index in [1.807, 2.05) is 48.5 Å². The molecule has 0 radical (unpaired) electrons. The summed E-state index contributed by atoms with van der Waals surface area (Å²) in [5.41, 5.74) is 7.68. The van der Waals surface area contributed by atoms with Gasteiger partial charge < -0.3 is 21.1 Å². The Kier molecular flexibility index (Phi) is 10.4. The number of rotatable bonds is 6. The minimum Gasteiger partial charge on any atom is -0.385 e. The lowest BCUT2D eigenvalue weighted by Gasteiger charge is -2.35. The van der Waals surface area contributed by atoms with E-state index in [0.29, 0.717) is 31.5 Å². The first-order valence-corrected chi connectivity index (χ1v) is 14.4. The maximum absolute atomic E-state index is 12.6. The largest absolute Gasteiger partial charge is 0.416 e. The molecule has 0 spiro atoms. The topological polar surface area (TPSA) is 113 Å². The van der Waals surface area contributed by atoms with Gasteiger partial charge in [0.2, 0.25) is 5.91 Å². The summed E-state index contributed by atoms with van der Waals surface area (Å²) in [6, 6.07) is 19.7. The van der Waals surface area contributed by atoms with Gasteiger partial charge >= 0.3 is 6.18 Å². The number of hydrogen-bond donors (Lipinski definition) is 3. The molecule has 0 unspecified atom stereocenters. The number of alkyl halides is 3. The number of nitrogens with two attached hydrogens (primary N) is 1. The van der Waals surface area contributed by atoms with E-state index in [1.54, 1.807) is 4.90 Å². The quantitative estimate of drug-likeness (QED) is 0.335. The Morgan fingerprint density at radius 2 is 1.63 bits per heavy atom. The lowest BCUT2D eigenvalue weighted by molar-refractivity contribution is -0.137. The molecule has 10 heteroatoms. The highest BCUT2D eigenvalue weighted by Crippen LogP contribution is 2.37. The molecule has 1 heterocycles. The third-order valence-corrected chi connectivity index (χ3v) is 7.99. The van der Waals surface area contributed by atoms with Crippen molar-refractivity contribution < 1.29 is 32.7 Å². The second kappa shape index (κ2) is 14.0. The first-order valence-electron chi connectivity index (χ1n) is 14.4. The molecule has 1 aliphatic carbocycles. The van der Waals surface area contributed by atoms with Crippen molar-refractivity contribution in [1.29, 1.82) is 0 Å². The maximum Gasteiger partial charge on any atom is 0.416 e. The number of carbonyl (C=O) groups is 3. The lowest BCUT2D eigenvalue weighted by atomic mass is 9.77. The molecule has 228 valence electrons. The molecule has 1 saturated carbocycles. The number of likely N-dealkylation sites (tertiary alicyclic amines) is 1. The molecule has 0 aromatic heterocycles. The van der Waals surface area contributed by atoms with Crippen LogP contribution >= 0.6 is 0 Å². The number of aliphatic hydroxyl groups is 1. The molecule has 2 fully saturated rings. The molecule has 1 saturated heterocycles. The molecule has 2 aliphatic rings. The standard InChI is InChI=1S/C19H21NO2.C14H15F3N2O2/c20-17-9-11-19(22,12-10-17)16-7-5-14(6-8-16)18-4-2-1-3-15(18)13-21;15-14(16,17)11-5-3-4-10(8-11)13(21)18-9-12(20)19-6-1-2-7-19/h1-8,13,17,22H,9-12,20H2;3-5,8H,1-2,6-7,9H2,(H,18,21). The summed E-state index contributed by atoms with van der Waals surface area (Å²) < 4.78 is 37.7. The number of nitrogens with zero attached hydrogens (tertiary/aromatic N) is 1. The van der Waals surface area contributed by atoms with Crippen LogP contribution in [0, 0.1) is 0 Å². The van der Waals surface area contributed by atoms with Gasteiger partial charge in [-0.25, -0.2) is 0 Å². The van der Waals surface area contributed by atoms with Gasteiger partial charge in [0.05, 0.1) is 17.7 Å². The fourth-order valence-electron chi connectivity index (χ4n) is 5.40. The van der Waals surface area contributed by atoms with Crippen LogP contribution in [0.2, 0.25) is 0 Å². The Bertz CT molecular complexity index is 1410. The number of nitrogens with one attached hydrogen (secondary N) is 1. The van der Waals surface area contributed by atoms with Crippen molar-refractivity contribution in [2.75, 3.05) is 19.6 Å². The van der Waals surface area contributed by atoms with Crippen LogP contribution < -0.4 is 11.1 Å². The maximum atomic E-state index is 12.6. The Balaban J connectivity index is 0.000000197. The van der Waals surface area contributed by atoms with Gasteiger partial charge in [0.25, 0.3) is 5.91 Å². The third-order valence-electron chi connectivity index (χ3n) is 7.99. The van der Waals surface area contributed by atoms with Crippen LogP contribution in [0.5, 0.6) is 0 Å². The molecule has 7 nitrogen and oxygen atoms in total. The third kappa shape index (κ3) is 8.30. The van der Waals surface area contributed by atoms with E-state index < -0.39 is 23.2 Å². The normalized spacial score (nSPS) is 20.1. The summed E-state index contributed by atoms with van der Waals surface area (Å²) in [7, 11) is 0. The molecule has 5 rings (SSSR count). The van der Waals surface area contributed by atoms with Gasteiger partial charge in [0.1, 0.15) is 0 Å². The number of carbonyl (C=O) groups excluding carboxylic acids is 3. The summed E-state index contributed by atoms with van der Waals surface area (Å²) in [6.45, 7) is 1.13. The zero-order valence-electron chi connectivity index (χ0n) is 23.8. The Morgan fingerprint density at radius 3 is 2.26 bits per heavy atom. The zero-order valence-corrected chi connectivity index (χ0v) is 23.8. The van der Waals surface area contributed by atoms with Crippen LogP contribution in [0.15, 0.2) is 72.8 Å². The van der Waals surface area contributed by atoms with E-state index in [2.05, 4.69) is 5.32 Å². The highest BCUT2D eigenvalue weighted by Gasteiger charge is 2.34. The molecular formula is C33H36F3N3O4. The van der Waals surface area contributed by atoms with Gasteiger partial charge in [-0.1, -0.05) is 54.6 Å². The van der Waals surface area contributed by atoms with Crippen molar-refractivity contribution >= 4 is 18.1 Å². The first-order chi connectivity index (χ1) is 20.5. The van der Waals surface area contributed by atoms with Crippen LogP contribution in [-0.2, 0) is 16.6 Å². The van der Waals surface area contributed by atoms with Crippen LogP contribution in [0.25, 0.3) is 11.1 Å². The second-order valence-corrected chi connectivity index (χ2v) is 11.0. The van der Waals surface area contributed by atoms with E-state index in [-0.39, 0.29) is 24.1 Å². The molecule has 3 aromatic carbocycles. The first kappa shape index (κ1) is 31.9. The predicted octanol–water partition coefficient (Wildman–Crippen LogP) is 5.31. The molecule has 3 aromatic rings. The molecule has 0 atom stereocenters. The van der Waals surface area contributed by atoms with Crippen LogP contribution in [0.4, 0.5) is 13.2 Å². The van der Waals surface area contributed by atoms with Crippen molar-refractivity contribution in [3.05, 3.63) is 95.1 Å². The van der Waals surface area contributed by atoms with Crippen molar-refractivity contribution in [1.82, 2.24) is 10.2 Å². The Morgan fingerprint density at radius 1 is 0.977 bits per heavy atom. The lowest BCUT2D eigenvalue weighted by Crippen LogP contribution is -2.38. The van der Waals surface area contributed by atoms with Gasteiger partial charge in [0, 0.05) is 30.3 Å². The monoisotopic (exact) mass is 595 g/mol. The van der Waals surface area contributed by atoms with Crippen LogP contribution in [-0.4, -0.2) is 53.8 Å². The molecule has 2 amide bonds. The summed E-state index contributed by atoms with van der Waals surface area (Å²) in [6.07, 6.45) is 1.37. The number of halogens is 3. The van der Waals surface area contributed by atoms with Gasteiger partial charge in [-0.3, -0.25) is 14.4 Å². The number of benzene rings is 3.